The highest BCUT2D eigenvalue weighted by Gasteiger charge is 2.36. The van der Waals surface area contributed by atoms with Gasteiger partial charge in [0.05, 0.1) is 6.42 Å². The van der Waals surface area contributed by atoms with Crippen LogP contribution < -0.4 is 0 Å². The van der Waals surface area contributed by atoms with Crippen molar-refractivity contribution in [2.24, 2.45) is 23.7 Å². The van der Waals surface area contributed by atoms with E-state index in [1.165, 1.54) is 25.7 Å². The number of rotatable bonds is 5. The van der Waals surface area contributed by atoms with Crippen molar-refractivity contribution in [3.05, 3.63) is 34.9 Å². The molecule has 174 valence electrons. The summed E-state index contributed by atoms with van der Waals surface area (Å²) in [5, 5.41) is 9.39. The highest BCUT2D eigenvalue weighted by molar-refractivity contribution is 5.29. The Morgan fingerprint density at radius 1 is 0.967 bits per heavy atom. The van der Waals surface area contributed by atoms with Gasteiger partial charge in [0.1, 0.15) is 17.7 Å². The zero-order valence-electron chi connectivity index (χ0n) is 16.7. The van der Waals surface area contributed by atoms with Crippen molar-refractivity contribution in [3.8, 4) is 0 Å². The van der Waals surface area contributed by atoms with Crippen molar-refractivity contribution in [1.29, 1.82) is 0 Å². The van der Waals surface area contributed by atoms with Gasteiger partial charge < -0.3 is 0 Å². The zero-order valence-corrected chi connectivity index (χ0v) is 16.7. The van der Waals surface area contributed by atoms with E-state index in [0.29, 0.717) is 5.92 Å². The van der Waals surface area contributed by atoms with E-state index in [-0.39, 0.29) is 20.3 Å². The molecule has 1 unspecified atom stereocenters. The smallest absolute Gasteiger partial charge is 0.251 e. The molecule has 0 heterocycles. The molecule has 1 aromatic carbocycles. The number of hydrogen-bond acceptors (Lipinski definition) is 2. The number of halogens is 5. The molecule has 1 aromatic rings. The fraction of sp³-hybridized carbons (Fsp3) is 0.739. The Labute approximate surface area is 177 Å². The maximum Gasteiger partial charge on any atom is 0.393 e. The van der Waals surface area contributed by atoms with Crippen LogP contribution in [0.4, 0.5) is 22.0 Å². The zero-order chi connectivity index (χ0) is 21.2. The molecular weight excluding hydrogens is 403 g/mol. The third-order valence-electron chi connectivity index (χ3n) is 6.95. The van der Waals surface area contributed by atoms with Crippen LogP contribution in [0, 0.1) is 35.3 Å². The summed E-state index contributed by atoms with van der Waals surface area (Å²) in [5.74, 6) is -0.502. The van der Waals surface area contributed by atoms with Gasteiger partial charge in [0, 0.05) is 6.99 Å². The lowest BCUT2D eigenvalue weighted by molar-refractivity contribution is -0.296. The summed E-state index contributed by atoms with van der Waals surface area (Å²) in [7, 11) is 0. The SMILES string of the molecule is C.CC1CCC(C2CCC(C(OO)c3cc(F)c(CC(F)(F)F)c(F)c3)CC2)CC1.[HH]. The number of benzene rings is 1. The molecule has 2 fully saturated rings. The molecule has 2 saturated carbocycles. The van der Waals surface area contributed by atoms with Crippen LogP contribution in [0.25, 0.3) is 0 Å². The van der Waals surface area contributed by atoms with E-state index in [0.717, 1.165) is 49.7 Å². The lowest BCUT2D eigenvalue weighted by Gasteiger charge is -2.38. The molecule has 3 rings (SSSR count). The molecule has 2 nitrogen and oxygen atoms in total. The van der Waals surface area contributed by atoms with Crippen molar-refractivity contribution in [2.45, 2.75) is 84.4 Å². The molecule has 2 aliphatic carbocycles. The Bertz CT molecular complexity index is 658. The lowest BCUT2D eigenvalue weighted by Crippen LogP contribution is -2.28. The Morgan fingerprint density at radius 2 is 1.43 bits per heavy atom. The number of alkyl halides is 3. The van der Waals surface area contributed by atoms with Crippen LogP contribution in [0.2, 0.25) is 0 Å². The molecule has 0 radical (unpaired) electrons. The van der Waals surface area contributed by atoms with Crippen LogP contribution in [0.5, 0.6) is 0 Å². The Morgan fingerprint density at radius 3 is 1.87 bits per heavy atom. The van der Waals surface area contributed by atoms with Crippen LogP contribution in [0.1, 0.15) is 84.4 Å². The molecule has 0 saturated heterocycles. The predicted molar refractivity (Wildman–Crippen MR) is 108 cm³/mol. The molecular formula is C23H35F5O2. The summed E-state index contributed by atoms with van der Waals surface area (Å²) in [5.41, 5.74) is -0.962. The first-order valence-electron chi connectivity index (χ1n) is 10.5. The van der Waals surface area contributed by atoms with E-state index < -0.39 is 35.9 Å². The van der Waals surface area contributed by atoms with Gasteiger partial charge in [0.25, 0.3) is 0 Å². The lowest BCUT2D eigenvalue weighted by atomic mass is 9.68. The highest BCUT2D eigenvalue weighted by atomic mass is 19.4. The Balaban J connectivity index is 0.00000240. The summed E-state index contributed by atoms with van der Waals surface area (Å²) >= 11 is 0. The molecule has 7 heteroatoms. The van der Waals surface area contributed by atoms with Gasteiger partial charge in [0.2, 0.25) is 0 Å². The maximum atomic E-state index is 14.2. The standard InChI is InChI=1S/C22H29F5O2.CH4.H2/c1-13-2-4-14(5-3-13)15-6-8-16(9-7-15)21(29-28)17-10-19(23)18(20(24)11-17)12-22(25,26)27;;/h10-11,13-16,21,28H,2-9,12H2,1H3;1H4;1H. The first-order valence-corrected chi connectivity index (χ1v) is 10.5. The van der Waals surface area contributed by atoms with Gasteiger partial charge in [0.15, 0.2) is 0 Å². The second-order valence-corrected chi connectivity index (χ2v) is 8.98. The van der Waals surface area contributed by atoms with E-state index in [1.54, 1.807) is 0 Å². The Hall–Kier alpha value is -1.21. The van der Waals surface area contributed by atoms with Crippen LogP contribution >= 0.6 is 0 Å². The third-order valence-corrected chi connectivity index (χ3v) is 6.95. The van der Waals surface area contributed by atoms with E-state index in [9.17, 15) is 27.2 Å². The third kappa shape index (κ3) is 6.16. The Kier molecular flexibility index (Phi) is 8.69. The molecule has 30 heavy (non-hydrogen) atoms. The van der Waals surface area contributed by atoms with Crippen molar-refractivity contribution in [3.63, 3.8) is 0 Å². The second kappa shape index (κ2) is 10.4. The van der Waals surface area contributed by atoms with Crippen molar-refractivity contribution >= 4 is 0 Å². The first kappa shape index (κ1) is 25.1. The normalized spacial score (nSPS) is 28.6. The largest absolute Gasteiger partial charge is 0.393 e. The fourth-order valence-corrected chi connectivity index (χ4v) is 5.25. The molecule has 0 spiro atoms. The molecule has 0 aliphatic heterocycles. The average molecular weight is 439 g/mol. The molecule has 1 atom stereocenters. The van der Waals surface area contributed by atoms with Crippen molar-refractivity contribution < 1.29 is 33.5 Å². The van der Waals surface area contributed by atoms with Crippen molar-refractivity contribution in [2.75, 3.05) is 0 Å². The highest BCUT2D eigenvalue weighted by Crippen LogP contribution is 2.45. The van der Waals surface area contributed by atoms with Crippen LogP contribution in [-0.2, 0) is 11.3 Å². The minimum atomic E-state index is -4.70. The van der Waals surface area contributed by atoms with Gasteiger partial charge in [-0.15, -0.1) is 0 Å². The fourth-order valence-electron chi connectivity index (χ4n) is 5.25. The predicted octanol–water partition coefficient (Wildman–Crippen LogP) is 8.12. The van der Waals surface area contributed by atoms with E-state index in [1.807, 2.05) is 0 Å². The molecule has 0 amide bonds. The van der Waals surface area contributed by atoms with Gasteiger partial charge in [-0.1, -0.05) is 27.2 Å². The van der Waals surface area contributed by atoms with E-state index in [2.05, 4.69) is 11.8 Å². The van der Waals surface area contributed by atoms with E-state index >= 15 is 0 Å². The van der Waals surface area contributed by atoms with Gasteiger partial charge >= 0.3 is 6.18 Å². The summed E-state index contributed by atoms with van der Waals surface area (Å²) in [4.78, 5) is 4.57. The summed E-state index contributed by atoms with van der Waals surface area (Å²) in [6.07, 6.45) is 1.16. The molecule has 2 aliphatic rings. The van der Waals surface area contributed by atoms with Crippen molar-refractivity contribution in [1.82, 2.24) is 0 Å². The minimum absolute atomic E-state index is 0. The summed E-state index contributed by atoms with van der Waals surface area (Å²) < 4.78 is 65.9. The average Bonchev–Trinajstić information content (AvgIpc) is 2.66. The topological polar surface area (TPSA) is 29.5 Å². The minimum Gasteiger partial charge on any atom is -0.251 e. The monoisotopic (exact) mass is 438 g/mol. The van der Waals surface area contributed by atoms with Gasteiger partial charge in [-0.3, -0.25) is 5.26 Å². The van der Waals surface area contributed by atoms with Gasteiger partial charge in [-0.05, 0) is 79.9 Å². The maximum absolute atomic E-state index is 14.2. The van der Waals surface area contributed by atoms with Gasteiger partial charge in [-0.25, -0.2) is 13.7 Å². The van der Waals surface area contributed by atoms with Crippen LogP contribution in [0.3, 0.4) is 0 Å². The summed E-state index contributed by atoms with van der Waals surface area (Å²) in [6.45, 7) is 2.29. The quantitative estimate of drug-likeness (QED) is 0.286. The van der Waals surface area contributed by atoms with E-state index in [4.69, 9.17) is 0 Å². The van der Waals surface area contributed by atoms with Crippen LogP contribution in [-0.4, -0.2) is 11.4 Å². The summed E-state index contributed by atoms with van der Waals surface area (Å²) in [6, 6.07) is 1.72. The van der Waals surface area contributed by atoms with Gasteiger partial charge in [-0.2, -0.15) is 13.2 Å². The molecule has 1 N–H and O–H groups in total. The number of hydrogen-bond donors (Lipinski definition) is 1. The van der Waals surface area contributed by atoms with Crippen LogP contribution in [0.15, 0.2) is 12.1 Å². The molecule has 0 aromatic heterocycles. The second-order valence-electron chi connectivity index (χ2n) is 8.98. The first-order chi connectivity index (χ1) is 13.7. The molecule has 0 bridgehead atoms.